The van der Waals surface area contributed by atoms with Gasteiger partial charge in [-0.15, -0.1) is 0 Å². The molecular formula is C18H17NO6. The number of aromatic hydroxyl groups is 1. The number of phenolic OH excluding ortho intramolecular Hbond substituents is 1. The predicted molar refractivity (Wildman–Crippen MR) is 87.5 cm³/mol. The van der Waals surface area contributed by atoms with Crippen molar-refractivity contribution in [1.82, 2.24) is 5.32 Å². The van der Waals surface area contributed by atoms with E-state index in [1.165, 1.54) is 12.1 Å². The Morgan fingerprint density at radius 1 is 1.16 bits per heavy atom. The molecule has 2 aromatic rings. The number of nitrogens with one attached hydrogen (secondary N) is 1. The van der Waals surface area contributed by atoms with Gasteiger partial charge in [0.2, 0.25) is 6.79 Å². The van der Waals surface area contributed by atoms with Gasteiger partial charge >= 0.3 is 5.97 Å². The number of rotatable bonds is 5. The third-order valence-corrected chi connectivity index (χ3v) is 3.63. The standard InChI is InChI=1S/C18H17NO6/c1-11-2-4-14(20)13(6-11)18(22)23-9-17(21)19-8-12-3-5-15-16(7-12)25-10-24-15/h2-7,20H,8-10H2,1H3,(H,19,21). The minimum atomic E-state index is -0.751. The first-order valence-electron chi connectivity index (χ1n) is 7.65. The summed E-state index contributed by atoms with van der Waals surface area (Å²) in [5, 5.41) is 12.3. The maximum absolute atomic E-state index is 11.9. The van der Waals surface area contributed by atoms with E-state index < -0.39 is 18.5 Å². The van der Waals surface area contributed by atoms with Gasteiger partial charge in [0.25, 0.3) is 5.91 Å². The van der Waals surface area contributed by atoms with Crippen molar-refractivity contribution in [3.63, 3.8) is 0 Å². The highest BCUT2D eigenvalue weighted by Gasteiger charge is 2.16. The second kappa shape index (κ2) is 7.12. The van der Waals surface area contributed by atoms with E-state index in [2.05, 4.69) is 5.32 Å². The summed E-state index contributed by atoms with van der Waals surface area (Å²) in [4.78, 5) is 23.8. The summed E-state index contributed by atoms with van der Waals surface area (Å²) in [5.41, 5.74) is 1.67. The Morgan fingerprint density at radius 2 is 1.96 bits per heavy atom. The number of benzene rings is 2. The molecule has 1 heterocycles. The molecule has 0 fully saturated rings. The summed E-state index contributed by atoms with van der Waals surface area (Å²) in [6, 6.07) is 9.94. The first-order valence-corrected chi connectivity index (χ1v) is 7.65. The van der Waals surface area contributed by atoms with Gasteiger partial charge in [-0.1, -0.05) is 17.7 Å². The van der Waals surface area contributed by atoms with E-state index in [9.17, 15) is 14.7 Å². The first-order chi connectivity index (χ1) is 12.0. The molecule has 0 spiro atoms. The zero-order valence-corrected chi connectivity index (χ0v) is 13.6. The number of hydrogen-bond donors (Lipinski definition) is 2. The van der Waals surface area contributed by atoms with Gasteiger partial charge in [0.05, 0.1) is 0 Å². The van der Waals surface area contributed by atoms with E-state index in [0.29, 0.717) is 11.5 Å². The Labute approximate surface area is 144 Å². The average Bonchev–Trinajstić information content (AvgIpc) is 3.07. The number of esters is 1. The van der Waals surface area contributed by atoms with Gasteiger partial charge in [-0.25, -0.2) is 4.79 Å². The molecule has 2 N–H and O–H groups in total. The number of aryl methyl sites for hydroxylation is 1. The summed E-state index contributed by atoms with van der Waals surface area (Å²) in [6.07, 6.45) is 0. The van der Waals surface area contributed by atoms with Crippen molar-refractivity contribution >= 4 is 11.9 Å². The van der Waals surface area contributed by atoms with Crippen LogP contribution in [0.1, 0.15) is 21.5 Å². The topological polar surface area (TPSA) is 94.1 Å². The monoisotopic (exact) mass is 343 g/mol. The van der Waals surface area contributed by atoms with Gasteiger partial charge in [0, 0.05) is 6.54 Å². The molecule has 0 radical (unpaired) electrons. The quantitative estimate of drug-likeness (QED) is 0.806. The zero-order valence-electron chi connectivity index (χ0n) is 13.6. The third-order valence-electron chi connectivity index (χ3n) is 3.63. The highest BCUT2D eigenvalue weighted by Crippen LogP contribution is 2.32. The summed E-state index contributed by atoms with van der Waals surface area (Å²) < 4.78 is 15.4. The Balaban J connectivity index is 1.49. The van der Waals surface area contributed by atoms with Gasteiger partial charge in [-0.2, -0.15) is 0 Å². The predicted octanol–water partition coefficient (Wildman–Crippen LogP) is 1.90. The summed E-state index contributed by atoms with van der Waals surface area (Å²) in [6.45, 7) is 1.81. The molecule has 1 amide bonds. The summed E-state index contributed by atoms with van der Waals surface area (Å²) >= 11 is 0. The van der Waals surface area contributed by atoms with Crippen LogP contribution >= 0.6 is 0 Å². The molecule has 0 saturated carbocycles. The van der Waals surface area contributed by atoms with E-state index >= 15 is 0 Å². The lowest BCUT2D eigenvalue weighted by atomic mass is 10.1. The van der Waals surface area contributed by atoms with E-state index in [1.807, 2.05) is 6.07 Å². The van der Waals surface area contributed by atoms with Crippen LogP contribution in [0.5, 0.6) is 17.2 Å². The number of carbonyl (C=O) groups is 2. The summed E-state index contributed by atoms with van der Waals surface area (Å²) in [7, 11) is 0. The molecule has 1 aliphatic heterocycles. The maximum Gasteiger partial charge on any atom is 0.342 e. The van der Waals surface area contributed by atoms with E-state index in [-0.39, 0.29) is 24.7 Å². The van der Waals surface area contributed by atoms with Crippen LogP contribution in [-0.2, 0) is 16.1 Å². The molecule has 25 heavy (non-hydrogen) atoms. The Bertz CT molecular complexity index is 817. The number of carbonyl (C=O) groups excluding carboxylic acids is 2. The van der Waals surface area contributed by atoms with Crippen molar-refractivity contribution < 1.29 is 28.9 Å². The molecule has 0 bridgehead atoms. The van der Waals surface area contributed by atoms with E-state index in [4.69, 9.17) is 14.2 Å². The van der Waals surface area contributed by atoms with Gasteiger partial charge < -0.3 is 24.6 Å². The number of phenols is 1. The van der Waals surface area contributed by atoms with E-state index in [0.717, 1.165) is 11.1 Å². The third kappa shape index (κ3) is 4.00. The van der Waals surface area contributed by atoms with Gasteiger partial charge in [-0.3, -0.25) is 4.79 Å². The maximum atomic E-state index is 11.9. The number of fused-ring (bicyclic) bond motifs is 1. The van der Waals surface area contributed by atoms with Crippen molar-refractivity contribution in [3.8, 4) is 17.2 Å². The van der Waals surface area contributed by atoms with Crippen LogP contribution in [0.4, 0.5) is 0 Å². The normalized spacial score (nSPS) is 11.9. The minimum Gasteiger partial charge on any atom is -0.507 e. The fourth-order valence-electron chi connectivity index (χ4n) is 2.32. The molecule has 1 aliphatic rings. The van der Waals surface area contributed by atoms with Gasteiger partial charge in [0.15, 0.2) is 18.1 Å². The van der Waals surface area contributed by atoms with Crippen molar-refractivity contribution in [3.05, 3.63) is 53.1 Å². The largest absolute Gasteiger partial charge is 0.507 e. The van der Waals surface area contributed by atoms with Crippen LogP contribution in [0.2, 0.25) is 0 Å². The molecule has 0 unspecified atom stereocenters. The van der Waals surface area contributed by atoms with Crippen LogP contribution in [0, 0.1) is 6.92 Å². The minimum absolute atomic E-state index is 0.0311. The molecule has 7 nitrogen and oxygen atoms in total. The van der Waals surface area contributed by atoms with Gasteiger partial charge in [-0.05, 0) is 36.8 Å². The van der Waals surface area contributed by atoms with Crippen LogP contribution in [0.3, 0.4) is 0 Å². The second-order valence-electron chi connectivity index (χ2n) is 5.56. The Hall–Kier alpha value is -3.22. The fourth-order valence-corrected chi connectivity index (χ4v) is 2.32. The lowest BCUT2D eigenvalue weighted by Crippen LogP contribution is -2.28. The van der Waals surface area contributed by atoms with Crippen LogP contribution < -0.4 is 14.8 Å². The average molecular weight is 343 g/mol. The smallest absolute Gasteiger partial charge is 0.342 e. The highest BCUT2D eigenvalue weighted by atomic mass is 16.7. The summed E-state index contributed by atoms with van der Waals surface area (Å²) in [5.74, 6) is -0.0796. The van der Waals surface area contributed by atoms with Crippen LogP contribution in [0.15, 0.2) is 36.4 Å². The lowest BCUT2D eigenvalue weighted by molar-refractivity contribution is -0.124. The molecule has 0 atom stereocenters. The van der Waals surface area contributed by atoms with Crippen molar-refractivity contribution in [1.29, 1.82) is 0 Å². The molecule has 3 rings (SSSR count). The molecule has 0 aliphatic carbocycles. The fraction of sp³-hybridized carbons (Fsp3) is 0.222. The number of hydrogen-bond acceptors (Lipinski definition) is 6. The highest BCUT2D eigenvalue weighted by molar-refractivity contribution is 5.94. The van der Waals surface area contributed by atoms with Crippen molar-refractivity contribution in [2.75, 3.05) is 13.4 Å². The molecule has 0 saturated heterocycles. The molecule has 0 aromatic heterocycles. The first kappa shape index (κ1) is 16.6. The van der Waals surface area contributed by atoms with Crippen LogP contribution in [0.25, 0.3) is 0 Å². The van der Waals surface area contributed by atoms with E-state index in [1.54, 1.807) is 25.1 Å². The Kier molecular flexibility index (Phi) is 4.74. The number of amides is 1. The molecule has 7 heteroatoms. The van der Waals surface area contributed by atoms with Gasteiger partial charge in [0.1, 0.15) is 11.3 Å². The molecular weight excluding hydrogens is 326 g/mol. The van der Waals surface area contributed by atoms with Crippen LogP contribution in [-0.4, -0.2) is 30.4 Å². The lowest BCUT2D eigenvalue weighted by Gasteiger charge is -2.08. The molecule has 2 aromatic carbocycles. The SMILES string of the molecule is Cc1ccc(O)c(C(=O)OCC(=O)NCc2ccc3c(c2)OCO3)c1. The Morgan fingerprint density at radius 3 is 2.80 bits per heavy atom. The van der Waals surface area contributed by atoms with Crippen molar-refractivity contribution in [2.24, 2.45) is 0 Å². The van der Waals surface area contributed by atoms with Crippen molar-refractivity contribution in [2.45, 2.75) is 13.5 Å². The number of ether oxygens (including phenoxy) is 3. The molecule has 130 valence electrons. The zero-order chi connectivity index (χ0) is 17.8. The second-order valence-corrected chi connectivity index (χ2v) is 5.56.